The fraction of sp³-hybridized carbons (Fsp3) is 0.417. The van der Waals surface area contributed by atoms with E-state index in [-0.39, 0.29) is 5.97 Å². The van der Waals surface area contributed by atoms with Gasteiger partial charge in [-0.1, -0.05) is 76.3 Å². The summed E-state index contributed by atoms with van der Waals surface area (Å²) < 4.78 is 17.3. The monoisotopic (exact) mass is 542 g/mol. The summed E-state index contributed by atoms with van der Waals surface area (Å²) in [6.45, 7) is 9.68. The van der Waals surface area contributed by atoms with Crippen molar-refractivity contribution in [2.24, 2.45) is 5.92 Å². The highest BCUT2D eigenvalue weighted by atomic mass is 16.5. The van der Waals surface area contributed by atoms with Gasteiger partial charge in [0.15, 0.2) is 0 Å². The number of rotatable bonds is 19. The Labute approximate surface area is 241 Å². The third kappa shape index (κ3) is 11.3. The molecule has 3 rings (SSSR count). The van der Waals surface area contributed by atoms with Crippen molar-refractivity contribution in [3.63, 3.8) is 0 Å². The first kappa shape index (κ1) is 31.0. The number of carbonyl (C=O) groups is 1. The van der Waals surface area contributed by atoms with Crippen LogP contribution in [0.5, 0.6) is 17.2 Å². The minimum absolute atomic E-state index is 0.384. The number of benzene rings is 3. The predicted octanol–water partition coefficient (Wildman–Crippen LogP) is 10.1. The number of esters is 1. The van der Waals surface area contributed by atoms with Gasteiger partial charge >= 0.3 is 5.97 Å². The molecule has 0 amide bonds. The maximum absolute atomic E-state index is 12.6. The topological polar surface area (TPSA) is 44.8 Å². The Hall–Kier alpha value is -3.53. The molecule has 40 heavy (non-hydrogen) atoms. The zero-order valence-electron chi connectivity index (χ0n) is 24.4. The van der Waals surface area contributed by atoms with E-state index in [1.54, 1.807) is 12.1 Å². The molecule has 0 bridgehead atoms. The molecule has 0 aliphatic heterocycles. The van der Waals surface area contributed by atoms with Crippen molar-refractivity contribution in [1.82, 2.24) is 0 Å². The lowest BCUT2D eigenvalue weighted by molar-refractivity contribution is 0.0734. The number of hydrogen-bond acceptors (Lipinski definition) is 4. The Balaban J connectivity index is 1.38. The summed E-state index contributed by atoms with van der Waals surface area (Å²) in [5, 5.41) is 0. The Morgan fingerprint density at radius 1 is 0.700 bits per heavy atom. The molecular weight excluding hydrogens is 496 g/mol. The average Bonchev–Trinajstić information content (AvgIpc) is 2.99. The second-order valence-electron chi connectivity index (χ2n) is 10.5. The summed E-state index contributed by atoms with van der Waals surface area (Å²) in [6.07, 6.45) is 13.9. The quantitative estimate of drug-likeness (QED) is 0.0654. The molecule has 0 heterocycles. The van der Waals surface area contributed by atoms with Crippen molar-refractivity contribution in [1.29, 1.82) is 0 Å². The summed E-state index contributed by atoms with van der Waals surface area (Å²) in [5.74, 6) is 2.52. The fourth-order valence-corrected chi connectivity index (χ4v) is 4.43. The molecule has 4 heteroatoms. The van der Waals surface area contributed by atoms with Gasteiger partial charge in [-0.15, -0.1) is 6.58 Å². The third-order valence-corrected chi connectivity index (χ3v) is 7.22. The molecule has 3 aromatic rings. The van der Waals surface area contributed by atoms with Crippen molar-refractivity contribution in [3.8, 4) is 28.4 Å². The Morgan fingerprint density at radius 3 is 1.77 bits per heavy atom. The van der Waals surface area contributed by atoms with Gasteiger partial charge < -0.3 is 14.2 Å². The first-order chi connectivity index (χ1) is 19.6. The summed E-state index contributed by atoms with van der Waals surface area (Å²) >= 11 is 0. The standard InChI is InChI=1S/C36H46O4/c1-4-6-7-8-9-10-11-12-27-38-33-21-15-30(16-22-33)31-17-25-35(26-18-31)40-36(37)32-19-23-34(24-20-32)39-28-13-14-29(3)5-2/h4,15-26,29H,1,5-14,27-28H2,2-3H3. The minimum atomic E-state index is -0.384. The van der Waals surface area contributed by atoms with E-state index in [0.29, 0.717) is 17.9 Å². The van der Waals surface area contributed by atoms with Gasteiger partial charge in [0.05, 0.1) is 18.8 Å². The molecule has 0 N–H and O–H groups in total. The van der Waals surface area contributed by atoms with Gasteiger partial charge in [-0.05, 0) is 97.7 Å². The molecule has 0 radical (unpaired) electrons. The van der Waals surface area contributed by atoms with E-state index in [1.165, 1.54) is 38.5 Å². The van der Waals surface area contributed by atoms with Crippen LogP contribution >= 0.6 is 0 Å². The highest BCUT2D eigenvalue weighted by Crippen LogP contribution is 2.25. The molecule has 4 nitrogen and oxygen atoms in total. The van der Waals surface area contributed by atoms with Crippen LogP contribution in [0.1, 0.15) is 88.4 Å². The highest BCUT2D eigenvalue weighted by Gasteiger charge is 2.10. The molecule has 1 atom stereocenters. The van der Waals surface area contributed by atoms with E-state index >= 15 is 0 Å². The van der Waals surface area contributed by atoms with Crippen molar-refractivity contribution in [3.05, 3.63) is 91.0 Å². The van der Waals surface area contributed by atoms with Crippen LogP contribution < -0.4 is 14.2 Å². The van der Waals surface area contributed by atoms with Crippen LogP contribution in [0.25, 0.3) is 11.1 Å². The lowest BCUT2D eigenvalue weighted by Gasteiger charge is -2.10. The maximum atomic E-state index is 12.6. The van der Waals surface area contributed by atoms with Gasteiger partial charge in [0.1, 0.15) is 17.2 Å². The molecule has 0 aliphatic rings. The van der Waals surface area contributed by atoms with Crippen LogP contribution in [0.4, 0.5) is 0 Å². The van der Waals surface area contributed by atoms with E-state index in [1.807, 2.05) is 54.6 Å². The van der Waals surface area contributed by atoms with Crippen LogP contribution in [0.2, 0.25) is 0 Å². The zero-order chi connectivity index (χ0) is 28.4. The van der Waals surface area contributed by atoms with E-state index in [2.05, 4.69) is 32.6 Å². The van der Waals surface area contributed by atoms with Gasteiger partial charge in [-0.2, -0.15) is 0 Å². The Morgan fingerprint density at radius 2 is 1.20 bits per heavy atom. The normalized spacial score (nSPS) is 11.6. The number of hydrogen-bond donors (Lipinski definition) is 0. The van der Waals surface area contributed by atoms with Crippen molar-refractivity contribution in [2.45, 2.75) is 78.1 Å². The van der Waals surface area contributed by atoms with E-state index in [0.717, 1.165) is 60.8 Å². The fourth-order valence-electron chi connectivity index (χ4n) is 4.43. The third-order valence-electron chi connectivity index (χ3n) is 7.22. The predicted molar refractivity (Wildman–Crippen MR) is 165 cm³/mol. The van der Waals surface area contributed by atoms with E-state index in [9.17, 15) is 4.79 Å². The lowest BCUT2D eigenvalue weighted by atomic mass is 10.0. The molecular formula is C36H46O4. The number of unbranched alkanes of at least 4 members (excludes halogenated alkanes) is 6. The zero-order valence-corrected chi connectivity index (χ0v) is 24.4. The first-order valence-electron chi connectivity index (χ1n) is 15.0. The summed E-state index contributed by atoms with van der Waals surface area (Å²) in [7, 11) is 0. The average molecular weight is 543 g/mol. The van der Waals surface area contributed by atoms with Crippen LogP contribution in [0, 0.1) is 5.92 Å². The van der Waals surface area contributed by atoms with Crippen molar-refractivity contribution >= 4 is 5.97 Å². The van der Waals surface area contributed by atoms with E-state index < -0.39 is 0 Å². The Kier molecular flexibility index (Phi) is 13.9. The van der Waals surface area contributed by atoms with Gasteiger partial charge in [0.25, 0.3) is 0 Å². The van der Waals surface area contributed by atoms with E-state index in [4.69, 9.17) is 14.2 Å². The van der Waals surface area contributed by atoms with Gasteiger partial charge in [-0.3, -0.25) is 0 Å². The summed E-state index contributed by atoms with van der Waals surface area (Å²) in [4.78, 5) is 12.6. The second kappa shape index (κ2) is 17.9. The molecule has 0 spiro atoms. The van der Waals surface area contributed by atoms with Crippen LogP contribution in [-0.4, -0.2) is 19.2 Å². The molecule has 0 saturated heterocycles. The largest absolute Gasteiger partial charge is 0.494 e. The van der Waals surface area contributed by atoms with Crippen LogP contribution in [0.3, 0.4) is 0 Å². The Bertz CT molecular complexity index is 1120. The molecule has 214 valence electrons. The van der Waals surface area contributed by atoms with Crippen LogP contribution in [0.15, 0.2) is 85.5 Å². The summed E-state index contributed by atoms with van der Waals surface area (Å²) in [6, 6.07) is 22.9. The van der Waals surface area contributed by atoms with Crippen molar-refractivity contribution in [2.75, 3.05) is 13.2 Å². The number of allylic oxidation sites excluding steroid dienone is 1. The van der Waals surface area contributed by atoms with Gasteiger partial charge in [-0.25, -0.2) is 4.79 Å². The summed E-state index contributed by atoms with van der Waals surface area (Å²) in [5.41, 5.74) is 2.64. The maximum Gasteiger partial charge on any atom is 0.343 e. The smallest absolute Gasteiger partial charge is 0.343 e. The molecule has 3 aromatic carbocycles. The molecule has 0 aromatic heterocycles. The number of ether oxygens (including phenoxy) is 3. The SMILES string of the molecule is C=CCCCCCCCCOc1ccc(-c2ccc(OC(=O)c3ccc(OCCCC(C)CC)cc3)cc2)cc1. The highest BCUT2D eigenvalue weighted by molar-refractivity contribution is 5.91. The van der Waals surface area contributed by atoms with Gasteiger partial charge in [0, 0.05) is 0 Å². The minimum Gasteiger partial charge on any atom is -0.494 e. The van der Waals surface area contributed by atoms with Crippen LogP contribution in [-0.2, 0) is 0 Å². The number of carbonyl (C=O) groups excluding carboxylic acids is 1. The molecule has 0 fully saturated rings. The van der Waals surface area contributed by atoms with Gasteiger partial charge in [0.2, 0.25) is 0 Å². The molecule has 0 saturated carbocycles. The van der Waals surface area contributed by atoms with Crippen molar-refractivity contribution < 1.29 is 19.0 Å². The second-order valence-corrected chi connectivity index (χ2v) is 10.5. The first-order valence-corrected chi connectivity index (χ1v) is 15.0. The molecule has 1 unspecified atom stereocenters. The lowest BCUT2D eigenvalue weighted by Crippen LogP contribution is -2.08. The molecule has 0 aliphatic carbocycles.